The first kappa shape index (κ1) is 44.2. The third-order valence-corrected chi connectivity index (χ3v) is 13.8. The summed E-state index contributed by atoms with van der Waals surface area (Å²) in [6, 6.07) is 85.2. The molecule has 0 atom stereocenters. The highest BCUT2D eigenvalue weighted by atomic mass is 15.1. The molecule has 14 aromatic rings. The number of nitrogens with zero attached hydrogens (tertiary/aromatic N) is 9. The van der Waals surface area contributed by atoms with Crippen molar-refractivity contribution in [2.75, 3.05) is 0 Å². The molecule has 3 aromatic heterocycles. The molecule has 3 heterocycles. The zero-order valence-corrected chi connectivity index (χ0v) is 40.7. The topological polar surface area (TPSA) is 116 Å². The molecule has 0 radical (unpaired) electrons. The van der Waals surface area contributed by atoms with Gasteiger partial charge in [0.1, 0.15) is 0 Å². The molecule has 0 saturated carbocycles. The number of hydrogen-bond acceptors (Lipinski definition) is 9. The summed E-state index contributed by atoms with van der Waals surface area (Å²) in [6.45, 7) is 0. The highest BCUT2D eigenvalue weighted by Gasteiger charge is 2.23. The van der Waals surface area contributed by atoms with E-state index in [-0.39, 0.29) is 23.3 Å². The van der Waals surface area contributed by atoms with Crippen molar-refractivity contribution in [1.82, 2.24) is 44.9 Å². The number of aromatic nitrogens is 9. The van der Waals surface area contributed by atoms with Gasteiger partial charge in [-0.2, -0.15) is 0 Å². The van der Waals surface area contributed by atoms with Gasteiger partial charge in [-0.1, -0.05) is 218 Å². The van der Waals surface area contributed by atoms with Crippen molar-refractivity contribution < 1.29 is 0 Å². The van der Waals surface area contributed by atoms with Gasteiger partial charge in [0.25, 0.3) is 0 Å². The van der Waals surface area contributed by atoms with Gasteiger partial charge in [0.2, 0.25) is 23.3 Å². The molecule has 354 valence electrons. The van der Waals surface area contributed by atoms with Gasteiger partial charge < -0.3 is 0 Å². The second-order valence-electron chi connectivity index (χ2n) is 18.6. The normalized spacial score (nSPS) is 11.4. The quantitative estimate of drug-likeness (QED) is 0.130. The van der Waals surface area contributed by atoms with E-state index < -0.39 is 0 Å². The van der Waals surface area contributed by atoms with Crippen LogP contribution in [0, 0.1) is 0 Å². The van der Waals surface area contributed by atoms with E-state index in [0.29, 0.717) is 29.1 Å². The van der Waals surface area contributed by atoms with Gasteiger partial charge in [0.05, 0.1) is 0 Å². The van der Waals surface area contributed by atoms with E-state index >= 15 is 0 Å². The molecule has 0 spiro atoms. The maximum Gasteiger partial charge on any atom is 0.202 e. The lowest BCUT2D eigenvalue weighted by Crippen LogP contribution is -2.08. The van der Waals surface area contributed by atoms with Crippen LogP contribution in [0.4, 0.5) is 0 Å². The molecule has 9 heteroatoms. The molecule has 76 heavy (non-hydrogen) atoms. The second kappa shape index (κ2) is 18.8. The molecule has 0 amide bonds. The van der Waals surface area contributed by atoms with Crippen LogP contribution in [0.15, 0.2) is 249 Å². The monoisotopic (exact) mass is 971 g/mol. The maximum absolute atomic E-state index is 5.38. The maximum atomic E-state index is 5.38. The third kappa shape index (κ3) is 8.24. The summed E-state index contributed by atoms with van der Waals surface area (Å²) in [6.07, 6.45) is 0. The second-order valence-corrected chi connectivity index (χ2v) is 18.6. The average molecular weight is 972 g/mol. The minimum absolute atomic E-state index is 0.221. The van der Waals surface area contributed by atoms with Crippen LogP contribution in [0.1, 0.15) is 0 Å². The van der Waals surface area contributed by atoms with Crippen molar-refractivity contribution in [3.05, 3.63) is 249 Å². The Bertz CT molecular complexity index is 4120. The van der Waals surface area contributed by atoms with Gasteiger partial charge in [-0.15, -0.1) is 0 Å². The van der Waals surface area contributed by atoms with Crippen LogP contribution < -0.4 is 0 Å². The number of rotatable bonds is 9. The molecule has 11 aromatic carbocycles. The summed E-state index contributed by atoms with van der Waals surface area (Å²) in [7, 11) is 0. The Hall–Kier alpha value is -10.5. The van der Waals surface area contributed by atoms with E-state index in [1.54, 1.807) is 0 Å². The van der Waals surface area contributed by atoms with Crippen LogP contribution in [0.3, 0.4) is 0 Å². The Morgan fingerprint density at radius 3 is 0.737 bits per heavy atom. The molecule has 9 nitrogen and oxygen atoms in total. The number of hydrogen-bond donors (Lipinski definition) is 0. The predicted molar refractivity (Wildman–Crippen MR) is 306 cm³/mol. The van der Waals surface area contributed by atoms with E-state index in [1.807, 2.05) is 121 Å². The van der Waals surface area contributed by atoms with Crippen molar-refractivity contribution in [3.63, 3.8) is 0 Å². The molecule has 14 rings (SSSR count). The van der Waals surface area contributed by atoms with E-state index in [4.69, 9.17) is 44.9 Å². The van der Waals surface area contributed by atoms with Crippen LogP contribution >= 0.6 is 0 Å². The average Bonchev–Trinajstić information content (AvgIpc) is 3.54. The van der Waals surface area contributed by atoms with Crippen LogP contribution in [0.2, 0.25) is 0 Å². The highest BCUT2D eigenvalue weighted by molar-refractivity contribution is 6.16. The fraction of sp³-hybridized carbons (Fsp3) is 0. The van der Waals surface area contributed by atoms with E-state index in [1.165, 1.54) is 21.5 Å². The van der Waals surface area contributed by atoms with Gasteiger partial charge in [0.15, 0.2) is 29.1 Å². The molecule has 0 bridgehead atoms. The fourth-order valence-corrected chi connectivity index (χ4v) is 10.2. The van der Waals surface area contributed by atoms with Crippen molar-refractivity contribution in [1.29, 1.82) is 0 Å². The molecule has 0 unspecified atom stereocenters. The molecular formula is C67H41N9. The highest BCUT2D eigenvalue weighted by Crippen LogP contribution is 2.42. The van der Waals surface area contributed by atoms with Crippen LogP contribution in [-0.2, 0) is 0 Å². The Morgan fingerprint density at radius 1 is 0.158 bits per heavy atom. The molecule has 0 fully saturated rings. The minimum Gasteiger partial charge on any atom is -0.208 e. The van der Waals surface area contributed by atoms with Gasteiger partial charge in [-0.25, -0.2) is 44.9 Å². The predicted octanol–water partition coefficient (Wildman–Crippen LogP) is 15.9. The zero-order valence-electron chi connectivity index (χ0n) is 40.7. The van der Waals surface area contributed by atoms with E-state index in [9.17, 15) is 0 Å². The molecule has 0 saturated heterocycles. The summed E-state index contributed by atoms with van der Waals surface area (Å²) in [5.41, 5.74) is 8.15. The molecule has 0 N–H and O–H groups in total. The standard InChI is InChI=1S/C67H41N9/c1-5-21-42(22-6-1)59-68-60(43-23-7-2-8-24-43)71-64(70-59)66-74-63(75-67(76-66)65-72-61(44-25-9-3-10-26-44)69-62(73-65)45-27-11-4-12-28-45)50-38-48(57-40-46-29-13-15-31-51(46)53-33-17-19-35-55(53)57)37-49(39-50)58-41-47-30-14-16-32-52(47)54-34-18-20-36-56(54)58/h1-41H. The largest absolute Gasteiger partial charge is 0.208 e. The van der Waals surface area contributed by atoms with Gasteiger partial charge in [-0.3, -0.25) is 0 Å². The van der Waals surface area contributed by atoms with Gasteiger partial charge >= 0.3 is 0 Å². The van der Waals surface area contributed by atoms with Gasteiger partial charge in [-0.05, 0) is 95.7 Å². The van der Waals surface area contributed by atoms with Crippen LogP contribution in [0.25, 0.3) is 146 Å². The summed E-state index contributed by atoms with van der Waals surface area (Å²) in [5, 5.41) is 9.25. The molecule has 0 aliphatic rings. The van der Waals surface area contributed by atoms with Crippen LogP contribution in [-0.4, -0.2) is 44.9 Å². The first-order valence-corrected chi connectivity index (χ1v) is 25.1. The van der Waals surface area contributed by atoms with Crippen molar-refractivity contribution in [3.8, 4) is 102 Å². The summed E-state index contributed by atoms with van der Waals surface area (Å²) in [5.74, 6) is 3.24. The lowest BCUT2D eigenvalue weighted by atomic mass is 9.88. The van der Waals surface area contributed by atoms with Gasteiger partial charge in [0, 0.05) is 27.8 Å². The lowest BCUT2D eigenvalue weighted by Gasteiger charge is -2.16. The lowest BCUT2D eigenvalue weighted by molar-refractivity contribution is 0.978. The van der Waals surface area contributed by atoms with Crippen LogP contribution in [0.5, 0.6) is 0 Å². The Kier molecular flexibility index (Phi) is 11.0. The molecular weight excluding hydrogens is 931 g/mol. The third-order valence-electron chi connectivity index (χ3n) is 13.8. The number of fused-ring (bicyclic) bond motifs is 6. The fourth-order valence-electron chi connectivity index (χ4n) is 10.2. The SMILES string of the molecule is c1ccc(-c2nc(-c3ccccc3)nc(-c3nc(-c4cc(-c5cc6ccccc6c6ccccc56)cc(-c5cc6ccccc6c6ccccc56)c4)nc(-c4nc(-c5ccccc5)nc(-c5ccccc5)n4)n3)n2)cc1. The molecule has 0 aliphatic heterocycles. The summed E-state index contributed by atoms with van der Waals surface area (Å²) >= 11 is 0. The summed E-state index contributed by atoms with van der Waals surface area (Å²) in [4.78, 5) is 46.5. The summed E-state index contributed by atoms with van der Waals surface area (Å²) < 4.78 is 0. The van der Waals surface area contributed by atoms with E-state index in [2.05, 4.69) is 127 Å². The van der Waals surface area contributed by atoms with Crippen molar-refractivity contribution in [2.24, 2.45) is 0 Å². The Labute approximate surface area is 437 Å². The molecule has 0 aliphatic carbocycles. The van der Waals surface area contributed by atoms with E-state index in [0.717, 1.165) is 71.6 Å². The van der Waals surface area contributed by atoms with Crippen molar-refractivity contribution >= 4 is 43.1 Å². The Balaban J connectivity index is 1.07. The zero-order chi connectivity index (χ0) is 50.4. The van der Waals surface area contributed by atoms with Crippen molar-refractivity contribution in [2.45, 2.75) is 0 Å². The minimum atomic E-state index is 0.221. The first-order valence-electron chi connectivity index (χ1n) is 25.1. The Morgan fingerprint density at radius 2 is 0.395 bits per heavy atom. The smallest absolute Gasteiger partial charge is 0.202 e. The first-order chi connectivity index (χ1) is 37.6. The number of benzene rings is 11.